The van der Waals surface area contributed by atoms with Crippen molar-refractivity contribution in [2.75, 3.05) is 0 Å². The highest BCUT2D eigenvalue weighted by Gasteiger charge is 2.40. The quantitative estimate of drug-likeness (QED) is 0.160. The van der Waals surface area contributed by atoms with Crippen molar-refractivity contribution < 1.29 is 0 Å². The average molecular weight is 1510 g/mol. The number of aromatic nitrogens is 1. The van der Waals surface area contributed by atoms with Crippen LogP contribution in [-0.2, 0) is 65.0 Å². The minimum atomic E-state index is 0.0766. The molecule has 0 aliphatic heterocycles. The van der Waals surface area contributed by atoms with Crippen LogP contribution in [0.2, 0.25) is 0 Å². The summed E-state index contributed by atoms with van der Waals surface area (Å²) in [7, 11) is 0. The summed E-state index contributed by atoms with van der Waals surface area (Å²) in [6, 6.07) is 71.5. The van der Waals surface area contributed by atoms with Crippen LogP contribution in [0.5, 0.6) is 0 Å². The minimum absolute atomic E-state index is 0.0766. The third-order valence-corrected chi connectivity index (χ3v) is 22.2. The van der Waals surface area contributed by atoms with Crippen molar-refractivity contribution in [3.05, 3.63) is 279 Å². The molecule has 0 atom stereocenters. The SMILES string of the molecule is CC(C)(C)C.CC(C)(C)c1cc(C(C)(C)C)c2c(c1)C(C)(C)c1ccccc1-2.CC(C)(C)c1cc(C(C)(C)C)c2ccccc2c1.CC(C)(C)c1cc(C(C)(C)C)c2sc3ccccc3c2c1.CC(C)(C)c1cccc(-c2ccccc2)c1.CC(C)(C)c1cccc(C(C)(C)C)c1.CC(C)(C)c1cncc(C(C)(C)C)c1. The minimum Gasteiger partial charge on any atom is -0.264 e. The molecule has 0 spiro atoms. The zero-order valence-electron chi connectivity index (χ0n) is 77.5. The van der Waals surface area contributed by atoms with Crippen LogP contribution >= 0.6 is 11.3 Å². The predicted molar refractivity (Wildman–Crippen MR) is 501 cm³/mol. The summed E-state index contributed by atoms with van der Waals surface area (Å²) in [6.45, 7) is 88.6. The van der Waals surface area contributed by atoms with Gasteiger partial charge in [-0.3, -0.25) is 4.98 Å². The first-order chi connectivity index (χ1) is 50.3. The highest BCUT2D eigenvalue weighted by atomic mass is 32.1. The fourth-order valence-corrected chi connectivity index (χ4v) is 14.9. The highest BCUT2D eigenvalue weighted by Crippen LogP contribution is 2.53. The molecule has 12 rings (SSSR count). The summed E-state index contributed by atoms with van der Waals surface area (Å²) >= 11 is 1.93. The second kappa shape index (κ2) is 34.4. The molecule has 0 unspecified atom stereocenters. The molecule has 2 aromatic heterocycles. The molecule has 11 aromatic rings. The second-order valence-corrected chi connectivity index (χ2v) is 46.2. The van der Waals surface area contributed by atoms with E-state index < -0.39 is 0 Å². The van der Waals surface area contributed by atoms with Gasteiger partial charge in [0.25, 0.3) is 0 Å². The molecule has 598 valence electrons. The van der Waals surface area contributed by atoms with Gasteiger partial charge < -0.3 is 0 Å². The Morgan fingerprint density at radius 1 is 0.252 bits per heavy atom. The van der Waals surface area contributed by atoms with Crippen LogP contribution in [0.4, 0.5) is 0 Å². The number of thiophene rings is 1. The van der Waals surface area contributed by atoms with Crippen LogP contribution in [0.3, 0.4) is 0 Å². The van der Waals surface area contributed by atoms with Gasteiger partial charge in [-0.05, 0) is 182 Å². The van der Waals surface area contributed by atoms with Crippen LogP contribution in [0.15, 0.2) is 207 Å². The molecule has 0 bridgehead atoms. The third-order valence-electron chi connectivity index (χ3n) is 20.9. The number of rotatable bonds is 1. The first-order valence-electron chi connectivity index (χ1n) is 41.3. The second-order valence-electron chi connectivity index (χ2n) is 45.1. The van der Waals surface area contributed by atoms with Gasteiger partial charge in [-0.25, -0.2) is 0 Å². The number of pyridine rings is 1. The Bertz CT molecular complexity index is 4740. The Balaban J connectivity index is 0.000000207. The van der Waals surface area contributed by atoms with Crippen molar-refractivity contribution in [3.8, 4) is 22.3 Å². The Morgan fingerprint density at radius 3 is 1.08 bits per heavy atom. The fraction of sp³-hybridized carbons (Fsp3) is 0.477. The summed E-state index contributed by atoms with van der Waals surface area (Å²) < 4.78 is 2.85. The largest absolute Gasteiger partial charge is 0.264 e. The van der Waals surface area contributed by atoms with E-state index in [1.807, 2.05) is 23.7 Å². The van der Waals surface area contributed by atoms with Crippen LogP contribution < -0.4 is 0 Å². The Morgan fingerprint density at radius 2 is 0.613 bits per heavy atom. The molecule has 9 aromatic carbocycles. The lowest BCUT2D eigenvalue weighted by atomic mass is 9.74. The summed E-state index contributed by atoms with van der Waals surface area (Å²) in [4.78, 5) is 4.32. The Labute approximate surface area is 684 Å². The zero-order valence-corrected chi connectivity index (χ0v) is 78.3. The molecule has 0 N–H and O–H groups in total. The van der Waals surface area contributed by atoms with Gasteiger partial charge in [-0.15, -0.1) is 11.3 Å². The van der Waals surface area contributed by atoms with E-state index >= 15 is 0 Å². The van der Waals surface area contributed by atoms with Crippen molar-refractivity contribution in [1.82, 2.24) is 4.98 Å². The van der Waals surface area contributed by atoms with Crippen LogP contribution in [0, 0.1) is 5.41 Å². The van der Waals surface area contributed by atoms with E-state index in [-0.39, 0.29) is 65.0 Å². The number of fused-ring (bicyclic) bond motifs is 7. The molecule has 0 fully saturated rings. The highest BCUT2D eigenvalue weighted by molar-refractivity contribution is 7.26. The zero-order chi connectivity index (χ0) is 84.2. The topological polar surface area (TPSA) is 12.9 Å². The third kappa shape index (κ3) is 25.6. The van der Waals surface area contributed by atoms with E-state index in [1.165, 1.54) is 126 Å². The van der Waals surface area contributed by atoms with Gasteiger partial charge in [0.2, 0.25) is 0 Å². The van der Waals surface area contributed by atoms with Gasteiger partial charge in [-0.2, -0.15) is 0 Å². The fourth-order valence-electron chi connectivity index (χ4n) is 13.5. The lowest BCUT2D eigenvalue weighted by molar-refractivity contribution is 0.469. The van der Waals surface area contributed by atoms with Crippen molar-refractivity contribution in [1.29, 1.82) is 0 Å². The molecule has 1 aliphatic rings. The van der Waals surface area contributed by atoms with E-state index in [2.05, 4.69) is 469 Å². The van der Waals surface area contributed by atoms with Crippen molar-refractivity contribution in [2.24, 2.45) is 5.41 Å². The average Bonchev–Trinajstić information content (AvgIpc) is 1.56. The Kier molecular flexibility index (Phi) is 28.6. The molecule has 0 radical (unpaired) electrons. The maximum absolute atomic E-state index is 4.32. The van der Waals surface area contributed by atoms with Gasteiger partial charge in [0, 0.05) is 38.0 Å². The Hall–Kier alpha value is -7.39. The van der Waals surface area contributed by atoms with Crippen LogP contribution in [0.25, 0.3) is 53.2 Å². The maximum Gasteiger partial charge on any atom is 0.0392 e. The molecule has 2 heteroatoms. The van der Waals surface area contributed by atoms with Gasteiger partial charge in [0.05, 0.1) is 0 Å². The molecule has 111 heavy (non-hydrogen) atoms. The van der Waals surface area contributed by atoms with E-state index in [1.54, 1.807) is 0 Å². The summed E-state index contributed by atoms with van der Waals surface area (Å²) in [6.07, 6.45) is 3.94. The lowest BCUT2D eigenvalue weighted by Crippen LogP contribution is -2.21. The van der Waals surface area contributed by atoms with E-state index in [0.29, 0.717) is 5.41 Å². The van der Waals surface area contributed by atoms with Gasteiger partial charge >= 0.3 is 0 Å². The molecule has 1 nitrogen and oxygen atoms in total. The standard InChI is InChI=1S/C23H30.C20H24S.C18H24.C16H18.C14H22.C13H21N.C5H12/c1-21(2,3)15-13-18(22(4,5)6)20-16-11-9-10-12-17(16)23(7,8)19(20)14-15;1-19(2,3)13-11-15-14-9-7-8-10-17(14)21-18(15)16(12-13)20(4,5)6;1-17(2,3)14-11-13-9-7-8-10-15(13)16(12-14)18(4,5)6;1-16(2,3)15-11-7-10-14(12-15)13-8-5-4-6-9-13;1-13(2,3)11-8-7-9-12(10-11)14(4,5)6;1-12(2,3)10-7-11(9-14-8-10)13(4,5)6;1-5(2,3)4/h9-14H,1-8H3;7-12H,1-6H3;7-12H,1-6H3;4-12H,1-3H3;7-10H,1-6H3;7-9H,1-6H3;1-4H3. The molecular formula is C109H151NS. The number of benzene rings is 9. The molecular weight excluding hydrogens is 1360 g/mol. The van der Waals surface area contributed by atoms with Crippen molar-refractivity contribution >= 4 is 42.3 Å². The molecule has 2 heterocycles. The van der Waals surface area contributed by atoms with Gasteiger partial charge in [0.1, 0.15) is 0 Å². The van der Waals surface area contributed by atoms with E-state index in [4.69, 9.17) is 0 Å². The lowest BCUT2D eigenvalue weighted by Gasteiger charge is -2.30. The maximum atomic E-state index is 4.32. The summed E-state index contributed by atoms with van der Waals surface area (Å²) in [5.74, 6) is 0. The molecule has 0 saturated carbocycles. The van der Waals surface area contributed by atoms with Crippen molar-refractivity contribution in [2.45, 2.75) is 335 Å². The number of hydrogen-bond acceptors (Lipinski definition) is 2. The molecule has 0 saturated heterocycles. The summed E-state index contributed by atoms with van der Waals surface area (Å²) in [5.41, 5.74) is 26.7. The molecule has 0 amide bonds. The first-order valence-corrected chi connectivity index (χ1v) is 42.1. The number of hydrogen-bond donors (Lipinski definition) is 0. The normalized spacial score (nSPS) is 13.4. The first kappa shape index (κ1) is 92.5. The smallest absolute Gasteiger partial charge is 0.0392 e. The number of nitrogens with zero attached hydrogens (tertiary/aromatic N) is 1. The van der Waals surface area contributed by atoms with Gasteiger partial charge in [-0.1, -0.05) is 452 Å². The van der Waals surface area contributed by atoms with Crippen LogP contribution in [0.1, 0.15) is 342 Å². The predicted octanol–water partition coefficient (Wildman–Crippen LogP) is 33.3. The monoisotopic (exact) mass is 1510 g/mol. The van der Waals surface area contributed by atoms with E-state index in [9.17, 15) is 0 Å². The van der Waals surface area contributed by atoms with Crippen LogP contribution in [-0.4, -0.2) is 4.98 Å². The van der Waals surface area contributed by atoms with Crippen molar-refractivity contribution in [3.63, 3.8) is 0 Å². The summed E-state index contributed by atoms with van der Waals surface area (Å²) in [5, 5.41) is 5.56. The van der Waals surface area contributed by atoms with E-state index in [0.717, 1.165) is 0 Å². The van der Waals surface area contributed by atoms with Gasteiger partial charge in [0.15, 0.2) is 0 Å². The molecule has 1 aliphatic carbocycles.